The summed E-state index contributed by atoms with van der Waals surface area (Å²) in [6, 6.07) is 5.22. The number of sulfone groups is 1. The zero-order valence-corrected chi connectivity index (χ0v) is 16.3. The second kappa shape index (κ2) is 7.64. The zero-order chi connectivity index (χ0) is 18.8. The van der Waals surface area contributed by atoms with Crippen LogP contribution in [0.5, 0.6) is 11.5 Å². The lowest BCUT2D eigenvalue weighted by Crippen LogP contribution is -2.41. The molecule has 7 heteroatoms. The molecule has 1 aromatic rings. The highest BCUT2D eigenvalue weighted by molar-refractivity contribution is 7.91. The Kier molecular flexibility index (Phi) is 5.98. The average Bonchev–Trinajstić information content (AvgIpc) is 2.93. The quantitative estimate of drug-likeness (QED) is 0.768. The van der Waals surface area contributed by atoms with Crippen LogP contribution < -0.4 is 9.47 Å². The number of nitrogens with zero attached hydrogens (tertiary/aromatic N) is 1. The predicted octanol–water partition coefficient (Wildman–Crippen LogP) is 2.09. The van der Waals surface area contributed by atoms with E-state index in [0.717, 1.165) is 5.56 Å². The number of carbonyl (C=O) groups is 1. The van der Waals surface area contributed by atoms with Crippen molar-refractivity contribution in [1.29, 1.82) is 0 Å². The van der Waals surface area contributed by atoms with Gasteiger partial charge in [-0.05, 0) is 30.0 Å². The minimum atomic E-state index is -3.03. The van der Waals surface area contributed by atoms with Crippen LogP contribution in [0.25, 0.3) is 0 Å². The van der Waals surface area contributed by atoms with Crippen LogP contribution in [0.3, 0.4) is 0 Å². The lowest BCUT2D eigenvalue weighted by atomic mass is 9.86. The molecule has 0 aromatic heterocycles. The maximum absolute atomic E-state index is 13.1. The van der Waals surface area contributed by atoms with Crippen molar-refractivity contribution in [2.75, 3.05) is 32.8 Å². The molecule has 0 spiro atoms. The average molecular weight is 369 g/mol. The van der Waals surface area contributed by atoms with Crippen LogP contribution in [0.1, 0.15) is 31.7 Å². The molecule has 1 heterocycles. The van der Waals surface area contributed by atoms with Gasteiger partial charge in [0.25, 0.3) is 0 Å². The highest BCUT2D eigenvalue weighted by Crippen LogP contribution is 2.35. The third-order valence-electron chi connectivity index (χ3n) is 4.80. The first-order valence-corrected chi connectivity index (χ1v) is 10.2. The second-order valence-corrected chi connectivity index (χ2v) is 9.07. The number of hydrogen-bond donors (Lipinski definition) is 0. The van der Waals surface area contributed by atoms with Gasteiger partial charge in [-0.1, -0.05) is 19.9 Å². The van der Waals surface area contributed by atoms with E-state index >= 15 is 0 Å². The van der Waals surface area contributed by atoms with E-state index in [1.807, 2.05) is 26.0 Å². The first kappa shape index (κ1) is 19.6. The van der Waals surface area contributed by atoms with Gasteiger partial charge in [-0.25, -0.2) is 8.42 Å². The topological polar surface area (TPSA) is 72.9 Å². The normalized spacial score (nSPS) is 20.3. The maximum Gasteiger partial charge on any atom is 0.230 e. The number of rotatable bonds is 6. The fourth-order valence-corrected chi connectivity index (χ4v) is 5.11. The fourth-order valence-electron chi connectivity index (χ4n) is 3.34. The first-order valence-electron chi connectivity index (χ1n) is 8.39. The molecule has 1 amide bonds. The second-order valence-electron chi connectivity index (χ2n) is 6.84. The van der Waals surface area contributed by atoms with Crippen molar-refractivity contribution in [3.05, 3.63) is 23.8 Å². The van der Waals surface area contributed by atoms with E-state index in [1.54, 1.807) is 32.2 Å². The summed E-state index contributed by atoms with van der Waals surface area (Å²) >= 11 is 0. The molecule has 0 N–H and O–H groups in total. The Labute approximate surface area is 150 Å². The molecule has 1 fully saturated rings. The first-order chi connectivity index (χ1) is 11.7. The van der Waals surface area contributed by atoms with Gasteiger partial charge < -0.3 is 14.4 Å². The van der Waals surface area contributed by atoms with E-state index in [4.69, 9.17) is 9.47 Å². The molecule has 140 valence electrons. The van der Waals surface area contributed by atoms with E-state index in [1.165, 1.54) is 0 Å². The van der Waals surface area contributed by atoms with Gasteiger partial charge in [0.15, 0.2) is 21.3 Å². The number of likely N-dealkylation sites (N-methyl/N-ethyl adjacent to an activating group) is 1. The summed E-state index contributed by atoms with van der Waals surface area (Å²) in [4.78, 5) is 14.7. The van der Waals surface area contributed by atoms with Gasteiger partial charge >= 0.3 is 0 Å². The third-order valence-corrected chi connectivity index (χ3v) is 6.55. The smallest absolute Gasteiger partial charge is 0.230 e. The molecule has 6 nitrogen and oxygen atoms in total. The Morgan fingerprint density at radius 1 is 1.20 bits per heavy atom. The summed E-state index contributed by atoms with van der Waals surface area (Å²) in [5.74, 6) is 1.01. The minimum absolute atomic E-state index is 0.0476. The van der Waals surface area contributed by atoms with Crippen LogP contribution in [-0.4, -0.2) is 58.0 Å². The van der Waals surface area contributed by atoms with Crippen molar-refractivity contribution in [3.63, 3.8) is 0 Å². The van der Waals surface area contributed by atoms with Crippen molar-refractivity contribution < 1.29 is 22.7 Å². The van der Waals surface area contributed by atoms with Crippen LogP contribution in [0.15, 0.2) is 18.2 Å². The van der Waals surface area contributed by atoms with Crippen LogP contribution in [0.4, 0.5) is 0 Å². The fraction of sp³-hybridized carbons (Fsp3) is 0.611. The molecule has 25 heavy (non-hydrogen) atoms. The van der Waals surface area contributed by atoms with Crippen LogP contribution in [-0.2, 0) is 14.6 Å². The number of ether oxygens (including phenoxy) is 2. The molecule has 1 aliphatic rings. The van der Waals surface area contributed by atoms with Gasteiger partial charge in [-0.15, -0.1) is 0 Å². The van der Waals surface area contributed by atoms with Crippen molar-refractivity contribution in [2.45, 2.75) is 32.2 Å². The lowest BCUT2D eigenvalue weighted by molar-refractivity contribution is -0.134. The van der Waals surface area contributed by atoms with Gasteiger partial charge in [-0.2, -0.15) is 0 Å². The maximum atomic E-state index is 13.1. The highest BCUT2D eigenvalue weighted by Gasteiger charge is 2.36. The van der Waals surface area contributed by atoms with E-state index in [0.29, 0.717) is 17.9 Å². The standard InChI is InChI=1S/C18H27NO5S/c1-12(2)17(13-6-7-15(23-4)16(10-13)24-5)18(20)19(3)14-8-9-25(21,22)11-14/h6-7,10,12,14,17H,8-9,11H2,1-5H3. The van der Waals surface area contributed by atoms with E-state index in [9.17, 15) is 13.2 Å². The van der Waals surface area contributed by atoms with Gasteiger partial charge in [0.1, 0.15) is 0 Å². The van der Waals surface area contributed by atoms with Crippen molar-refractivity contribution in [1.82, 2.24) is 4.90 Å². The van der Waals surface area contributed by atoms with Gasteiger partial charge in [0.2, 0.25) is 5.91 Å². The molecule has 0 bridgehead atoms. The van der Waals surface area contributed by atoms with Crippen LogP contribution in [0, 0.1) is 5.92 Å². The highest BCUT2D eigenvalue weighted by atomic mass is 32.2. The predicted molar refractivity (Wildman–Crippen MR) is 97.0 cm³/mol. The monoisotopic (exact) mass is 369 g/mol. The Morgan fingerprint density at radius 2 is 1.84 bits per heavy atom. The molecule has 1 aromatic carbocycles. The number of methoxy groups -OCH3 is 2. The molecule has 0 saturated carbocycles. The molecular formula is C18H27NO5S. The number of hydrogen-bond acceptors (Lipinski definition) is 5. The summed E-state index contributed by atoms with van der Waals surface area (Å²) < 4.78 is 34.1. The van der Waals surface area contributed by atoms with Crippen LogP contribution in [0.2, 0.25) is 0 Å². The van der Waals surface area contributed by atoms with Gasteiger partial charge in [-0.3, -0.25) is 4.79 Å². The molecule has 1 aliphatic heterocycles. The molecule has 2 rings (SSSR count). The Balaban J connectivity index is 2.30. The minimum Gasteiger partial charge on any atom is -0.493 e. The van der Waals surface area contributed by atoms with E-state index in [2.05, 4.69) is 0 Å². The number of benzene rings is 1. The summed E-state index contributed by atoms with van der Waals surface area (Å²) in [5.41, 5.74) is 0.838. The summed E-state index contributed by atoms with van der Waals surface area (Å²) in [7, 11) is 1.79. The molecule has 0 radical (unpaired) electrons. The Bertz CT molecular complexity index is 729. The zero-order valence-electron chi connectivity index (χ0n) is 15.5. The van der Waals surface area contributed by atoms with Crippen molar-refractivity contribution >= 4 is 15.7 Å². The van der Waals surface area contributed by atoms with Crippen LogP contribution >= 0.6 is 0 Å². The van der Waals surface area contributed by atoms with Crippen molar-refractivity contribution in [2.24, 2.45) is 5.92 Å². The van der Waals surface area contributed by atoms with Gasteiger partial charge in [0.05, 0.1) is 31.6 Å². The summed E-state index contributed by atoms with van der Waals surface area (Å²) in [6.45, 7) is 3.97. The lowest BCUT2D eigenvalue weighted by Gasteiger charge is -2.30. The Hall–Kier alpha value is -1.76. The van der Waals surface area contributed by atoms with E-state index in [-0.39, 0.29) is 35.3 Å². The molecule has 2 atom stereocenters. The SMILES string of the molecule is COc1ccc(C(C(=O)N(C)C2CCS(=O)(=O)C2)C(C)C)cc1OC. The van der Waals surface area contributed by atoms with E-state index < -0.39 is 9.84 Å². The summed E-state index contributed by atoms with van der Waals surface area (Å²) in [5, 5.41) is 0. The number of amides is 1. The molecular weight excluding hydrogens is 342 g/mol. The molecule has 0 aliphatic carbocycles. The number of carbonyl (C=O) groups excluding carboxylic acids is 1. The van der Waals surface area contributed by atoms with Gasteiger partial charge in [0, 0.05) is 13.1 Å². The molecule has 2 unspecified atom stereocenters. The Morgan fingerprint density at radius 3 is 2.32 bits per heavy atom. The summed E-state index contributed by atoms with van der Waals surface area (Å²) in [6.07, 6.45) is 0.501. The molecule has 1 saturated heterocycles. The largest absolute Gasteiger partial charge is 0.493 e. The third kappa shape index (κ3) is 4.26. The van der Waals surface area contributed by atoms with Crippen molar-refractivity contribution in [3.8, 4) is 11.5 Å².